The van der Waals surface area contributed by atoms with Gasteiger partial charge in [-0.25, -0.2) is 0 Å². The molecule has 8 nitrogen and oxygen atoms in total. The van der Waals surface area contributed by atoms with Crippen LogP contribution in [0, 0.1) is 5.92 Å². The van der Waals surface area contributed by atoms with Crippen molar-refractivity contribution in [2.24, 2.45) is 5.92 Å². The van der Waals surface area contributed by atoms with Gasteiger partial charge in [0.05, 0.1) is 35.9 Å². The van der Waals surface area contributed by atoms with Crippen LogP contribution in [0.3, 0.4) is 0 Å². The van der Waals surface area contributed by atoms with Crippen LogP contribution in [0.25, 0.3) is 0 Å². The van der Waals surface area contributed by atoms with Crippen molar-refractivity contribution in [3.63, 3.8) is 0 Å². The van der Waals surface area contributed by atoms with Crippen LogP contribution < -0.4 is 10.1 Å². The Balaban J connectivity index is 1.44. The minimum absolute atomic E-state index is 0.0234. The summed E-state index contributed by atoms with van der Waals surface area (Å²) in [5, 5.41) is 2.86. The number of rotatable bonds is 6. The van der Waals surface area contributed by atoms with Gasteiger partial charge in [-0.2, -0.15) is 8.78 Å². The molecular formula is C25H27F2N3O5. The highest BCUT2D eigenvalue weighted by atomic mass is 19.3. The molecule has 0 radical (unpaired) electrons. The third-order valence-corrected chi connectivity index (χ3v) is 6.13. The predicted molar refractivity (Wildman–Crippen MR) is 123 cm³/mol. The average Bonchev–Trinajstić information content (AvgIpc) is 2.89. The van der Waals surface area contributed by atoms with Crippen LogP contribution in [0.15, 0.2) is 48.5 Å². The van der Waals surface area contributed by atoms with Gasteiger partial charge in [0.2, 0.25) is 5.91 Å². The number of nitrogens with one attached hydrogen (secondary N) is 1. The molecule has 2 aromatic rings. The number of hydrogen-bond acceptors (Lipinski definition) is 5. The Morgan fingerprint density at radius 2 is 1.57 bits per heavy atom. The standard InChI is InChI=1S/C25H27F2N3O5/c26-25(27)35-21-10-4-2-8-19(21)24(33)30-11-5-6-17(16-30)22(31)28-20-9-3-1-7-18(20)23(32)29-12-14-34-15-13-29/h1-4,7-10,17,25H,5-6,11-16H2,(H,28,31). The third-order valence-electron chi connectivity index (χ3n) is 6.13. The second kappa shape index (κ2) is 11.3. The van der Waals surface area contributed by atoms with Gasteiger partial charge in [0.25, 0.3) is 11.8 Å². The van der Waals surface area contributed by atoms with Crippen LogP contribution in [0.5, 0.6) is 5.75 Å². The molecule has 2 heterocycles. The van der Waals surface area contributed by atoms with E-state index in [0.29, 0.717) is 56.9 Å². The zero-order valence-corrected chi connectivity index (χ0v) is 19.1. The lowest BCUT2D eigenvalue weighted by molar-refractivity contribution is -0.121. The molecule has 2 fully saturated rings. The van der Waals surface area contributed by atoms with Crippen LogP contribution in [0.1, 0.15) is 33.6 Å². The molecule has 4 rings (SSSR count). The molecule has 2 saturated heterocycles. The molecule has 0 aliphatic carbocycles. The Morgan fingerprint density at radius 3 is 2.31 bits per heavy atom. The molecule has 2 aliphatic heterocycles. The zero-order valence-electron chi connectivity index (χ0n) is 19.1. The summed E-state index contributed by atoms with van der Waals surface area (Å²) >= 11 is 0. The summed E-state index contributed by atoms with van der Waals surface area (Å²) in [4.78, 5) is 42.3. The molecule has 1 atom stereocenters. The number of amides is 3. The van der Waals surface area contributed by atoms with E-state index in [4.69, 9.17) is 4.74 Å². The molecule has 186 valence electrons. The monoisotopic (exact) mass is 487 g/mol. The molecule has 35 heavy (non-hydrogen) atoms. The SMILES string of the molecule is O=C(Nc1ccccc1C(=O)N1CCOCC1)C1CCCN(C(=O)c2ccccc2OC(F)F)C1. The Hall–Kier alpha value is -3.53. The first-order valence-electron chi connectivity index (χ1n) is 11.5. The number of benzene rings is 2. The second-order valence-corrected chi connectivity index (χ2v) is 8.40. The van der Waals surface area contributed by atoms with Gasteiger partial charge in [-0.15, -0.1) is 0 Å². The summed E-state index contributed by atoms with van der Waals surface area (Å²) < 4.78 is 35.3. The summed E-state index contributed by atoms with van der Waals surface area (Å²) in [6, 6.07) is 12.6. The molecule has 0 spiro atoms. The summed E-state index contributed by atoms with van der Waals surface area (Å²) in [6.45, 7) is -0.612. The highest BCUT2D eigenvalue weighted by molar-refractivity contribution is 6.04. The summed E-state index contributed by atoms with van der Waals surface area (Å²) in [5.74, 6) is -1.67. The number of nitrogens with zero attached hydrogens (tertiary/aromatic N) is 2. The van der Waals surface area contributed by atoms with Gasteiger partial charge in [-0.3, -0.25) is 14.4 Å². The molecule has 1 N–H and O–H groups in total. The van der Waals surface area contributed by atoms with Gasteiger partial charge in [-0.05, 0) is 37.1 Å². The Kier molecular flexibility index (Phi) is 7.91. The lowest BCUT2D eigenvalue weighted by Crippen LogP contribution is -2.44. The lowest BCUT2D eigenvalue weighted by Gasteiger charge is -2.32. The minimum atomic E-state index is -3.05. The third kappa shape index (κ3) is 5.94. The molecule has 0 saturated carbocycles. The van der Waals surface area contributed by atoms with Gasteiger partial charge < -0.3 is 24.6 Å². The van der Waals surface area contributed by atoms with Crippen molar-refractivity contribution in [1.82, 2.24) is 9.80 Å². The van der Waals surface area contributed by atoms with Crippen molar-refractivity contribution in [3.8, 4) is 5.75 Å². The van der Waals surface area contributed by atoms with Crippen molar-refractivity contribution >= 4 is 23.4 Å². The van der Waals surface area contributed by atoms with E-state index in [-0.39, 0.29) is 29.7 Å². The number of piperidine rings is 1. The number of alkyl halides is 2. The van der Waals surface area contributed by atoms with E-state index in [0.717, 1.165) is 0 Å². The van der Waals surface area contributed by atoms with Crippen LogP contribution >= 0.6 is 0 Å². The topological polar surface area (TPSA) is 88.2 Å². The number of anilines is 1. The summed E-state index contributed by atoms with van der Waals surface area (Å²) in [5.41, 5.74) is 0.827. The highest BCUT2D eigenvalue weighted by Crippen LogP contribution is 2.26. The first kappa shape index (κ1) is 24.6. The van der Waals surface area contributed by atoms with Crippen molar-refractivity contribution in [1.29, 1.82) is 0 Å². The van der Waals surface area contributed by atoms with E-state index in [1.165, 1.54) is 23.1 Å². The molecule has 0 aromatic heterocycles. The van der Waals surface area contributed by atoms with Crippen molar-refractivity contribution in [2.45, 2.75) is 19.5 Å². The van der Waals surface area contributed by atoms with Gasteiger partial charge in [-0.1, -0.05) is 24.3 Å². The fourth-order valence-electron chi connectivity index (χ4n) is 4.34. The van der Waals surface area contributed by atoms with E-state index >= 15 is 0 Å². The highest BCUT2D eigenvalue weighted by Gasteiger charge is 2.31. The maximum Gasteiger partial charge on any atom is 0.387 e. The summed E-state index contributed by atoms with van der Waals surface area (Å²) in [7, 11) is 0. The fraction of sp³-hybridized carbons (Fsp3) is 0.400. The summed E-state index contributed by atoms with van der Waals surface area (Å²) in [6.07, 6.45) is 1.14. The Labute approximate surface area is 201 Å². The number of morpholine rings is 1. The van der Waals surface area contributed by atoms with Gasteiger partial charge in [0, 0.05) is 26.2 Å². The first-order chi connectivity index (χ1) is 16.9. The number of carbonyl (C=O) groups excluding carboxylic acids is 3. The molecule has 3 amide bonds. The van der Waals surface area contributed by atoms with Crippen LogP contribution in [0.4, 0.5) is 14.5 Å². The normalized spacial score (nSPS) is 18.3. The first-order valence-corrected chi connectivity index (χ1v) is 11.5. The molecule has 1 unspecified atom stereocenters. The molecule has 10 heteroatoms. The zero-order chi connectivity index (χ0) is 24.8. The van der Waals surface area contributed by atoms with E-state index in [1.807, 2.05) is 0 Å². The number of ether oxygens (including phenoxy) is 2. The van der Waals surface area contributed by atoms with E-state index in [9.17, 15) is 23.2 Å². The molecule has 0 bridgehead atoms. The Bertz CT molecular complexity index is 1070. The predicted octanol–water partition coefficient (Wildman–Crippen LogP) is 3.25. The van der Waals surface area contributed by atoms with Gasteiger partial charge in [0.1, 0.15) is 5.75 Å². The Morgan fingerprint density at radius 1 is 0.914 bits per heavy atom. The van der Waals surface area contributed by atoms with Crippen LogP contribution in [-0.4, -0.2) is 73.5 Å². The quantitative estimate of drug-likeness (QED) is 0.676. The van der Waals surface area contributed by atoms with Crippen LogP contribution in [0.2, 0.25) is 0 Å². The largest absolute Gasteiger partial charge is 0.434 e. The van der Waals surface area contributed by atoms with Gasteiger partial charge >= 0.3 is 6.61 Å². The maximum atomic E-state index is 13.1. The van der Waals surface area contributed by atoms with Crippen molar-refractivity contribution in [3.05, 3.63) is 59.7 Å². The number of carbonyl (C=O) groups is 3. The fourth-order valence-corrected chi connectivity index (χ4v) is 4.34. The maximum absolute atomic E-state index is 13.1. The lowest BCUT2D eigenvalue weighted by atomic mass is 9.96. The number of para-hydroxylation sites is 2. The van der Waals surface area contributed by atoms with E-state index in [2.05, 4.69) is 10.1 Å². The number of halogens is 2. The number of likely N-dealkylation sites (tertiary alicyclic amines) is 1. The van der Waals surface area contributed by atoms with Gasteiger partial charge in [0.15, 0.2) is 0 Å². The van der Waals surface area contributed by atoms with Crippen LogP contribution in [-0.2, 0) is 9.53 Å². The molecule has 2 aromatic carbocycles. The van der Waals surface area contributed by atoms with E-state index in [1.54, 1.807) is 35.2 Å². The second-order valence-electron chi connectivity index (χ2n) is 8.40. The van der Waals surface area contributed by atoms with E-state index < -0.39 is 18.4 Å². The molecule has 2 aliphatic rings. The van der Waals surface area contributed by atoms with Crippen molar-refractivity contribution < 1.29 is 32.6 Å². The smallest absolute Gasteiger partial charge is 0.387 e. The molecular weight excluding hydrogens is 460 g/mol. The number of hydrogen-bond donors (Lipinski definition) is 1. The van der Waals surface area contributed by atoms with Crippen molar-refractivity contribution in [2.75, 3.05) is 44.7 Å². The minimum Gasteiger partial charge on any atom is -0.434 e. The average molecular weight is 488 g/mol.